The molecule has 1 amide bonds. The Morgan fingerprint density at radius 3 is 2.55 bits per heavy atom. The van der Waals surface area contributed by atoms with Gasteiger partial charge in [-0.25, -0.2) is 14.6 Å². The Morgan fingerprint density at radius 1 is 1.18 bits per heavy atom. The van der Waals surface area contributed by atoms with E-state index in [1.54, 1.807) is 0 Å². The predicted octanol–water partition coefficient (Wildman–Crippen LogP) is 3.35. The minimum Gasteiger partial charge on any atom is -0.320 e. The average molecular weight is 474 g/mol. The van der Waals surface area contributed by atoms with E-state index in [0.717, 1.165) is 11.0 Å². The summed E-state index contributed by atoms with van der Waals surface area (Å²) in [6, 6.07) is 5.76. The van der Waals surface area contributed by atoms with Crippen LogP contribution in [0, 0.1) is 18.3 Å². The van der Waals surface area contributed by atoms with E-state index in [-0.39, 0.29) is 33.6 Å². The highest BCUT2D eigenvalue weighted by atomic mass is 35.5. The van der Waals surface area contributed by atoms with Crippen LogP contribution in [0.1, 0.15) is 27.3 Å². The fraction of sp³-hybridized carbons (Fsp3) is 0.105. The third-order valence-corrected chi connectivity index (χ3v) is 4.60. The molecule has 33 heavy (non-hydrogen) atoms. The molecule has 0 radical (unpaired) electrons. The number of nitrogens with zero attached hydrogens (tertiary/aromatic N) is 8. The van der Waals surface area contributed by atoms with Crippen LogP contribution in [0.4, 0.5) is 18.9 Å². The Morgan fingerprint density at radius 2 is 1.91 bits per heavy atom. The predicted molar refractivity (Wildman–Crippen MR) is 108 cm³/mol. The van der Waals surface area contributed by atoms with Crippen LogP contribution in [0.5, 0.6) is 0 Å². The molecule has 0 aromatic carbocycles. The number of nitriles is 1. The Kier molecular flexibility index (Phi) is 5.52. The Hall–Kier alpha value is -4.31. The van der Waals surface area contributed by atoms with Crippen molar-refractivity contribution in [3.63, 3.8) is 0 Å². The first-order chi connectivity index (χ1) is 15.7. The molecule has 0 aliphatic carbocycles. The van der Waals surface area contributed by atoms with Gasteiger partial charge in [0.05, 0.1) is 47.4 Å². The van der Waals surface area contributed by atoms with Crippen molar-refractivity contribution in [3.05, 3.63) is 70.7 Å². The fourth-order valence-corrected chi connectivity index (χ4v) is 3.20. The number of anilines is 1. The summed E-state index contributed by atoms with van der Waals surface area (Å²) < 4.78 is 42.3. The molecule has 0 saturated heterocycles. The second kappa shape index (κ2) is 8.32. The number of amides is 1. The van der Waals surface area contributed by atoms with Crippen molar-refractivity contribution in [1.29, 1.82) is 5.26 Å². The maximum atomic E-state index is 13.9. The lowest BCUT2D eigenvalue weighted by molar-refractivity contribution is -0.143. The molecular weight excluding hydrogens is 463 g/mol. The molecule has 0 atom stereocenters. The number of rotatable bonds is 4. The Balaban J connectivity index is 1.71. The Labute approximate surface area is 188 Å². The van der Waals surface area contributed by atoms with Gasteiger partial charge in [-0.15, -0.1) is 4.80 Å². The highest BCUT2D eigenvalue weighted by Crippen LogP contribution is 2.34. The first-order valence-corrected chi connectivity index (χ1v) is 9.43. The lowest BCUT2D eigenvalue weighted by Gasteiger charge is -2.14. The Bertz CT molecular complexity index is 1390. The van der Waals surface area contributed by atoms with Crippen molar-refractivity contribution in [2.45, 2.75) is 13.1 Å². The maximum Gasteiger partial charge on any atom is 0.434 e. The largest absolute Gasteiger partial charge is 0.434 e. The van der Waals surface area contributed by atoms with Crippen molar-refractivity contribution in [2.75, 3.05) is 5.32 Å². The zero-order valence-corrected chi connectivity index (χ0v) is 17.3. The molecule has 0 unspecified atom stereocenters. The number of pyridine rings is 2. The van der Waals surface area contributed by atoms with E-state index < -0.39 is 23.3 Å². The van der Waals surface area contributed by atoms with E-state index in [9.17, 15) is 23.2 Å². The van der Waals surface area contributed by atoms with Gasteiger partial charge in [0.15, 0.2) is 11.5 Å². The van der Waals surface area contributed by atoms with Gasteiger partial charge in [0.2, 0.25) is 0 Å². The number of alkyl halides is 3. The van der Waals surface area contributed by atoms with Gasteiger partial charge in [-0.3, -0.25) is 4.79 Å². The van der Waals surface area contributed by atoms with Gasteiger partial charge in [0.25, 0.3) is 5.91 Å². The monoisotopic (exact) mass is 473 g/mol. The van der Waals surface area contributed by atoms with Crippen LogP contribution in [0.25, 0.3) is 11.5 Å². The van der Waals surface area contributed by atoms with E-state index >= 15 is 0 Å². The van der Waals surface area contributed by atoms with Crippen LogP contribution >= 0.6 is 11.6 Å². The molecule has 4 aromatic rings. The third kappa shape index (κ3) is 4.23. The summed E-state index contributed by atoms with van der Waals surface area (Å²) in [4.78, 5) is 21.8. The van der Waals surface area contributed by atoms with Crippen molar-refractivity contribution < 1.29 is 18.0 Å². The number of aryl methyl sites for hydroxylation is 1. The topological polar surface area (TPSA) is 127 Å². The molecule has 0 fully saturated rings. The highest BCUT2D eigenvalue weighted by Gasteiger charge is 2.41. The molecule has 0 spiro atoms. The molecule has 14 heteroatoms. The maximum absolute atomic E-state index is 13.9. The van der Waals surface area contributed by atoms with Gasteiger partial charge in [-0.2, -0.15) is 33.7 Å². The van der Waals surface area contributed by atoms with Crippen LogP contribution in [-0.4, -0.2) is 40.6 Å². The molecular formula is C19H11ClF3N9O. The van der Waals surface area contributed by atoms with Crippen molar-refractivity contribution >= 4 is 23.2 Å². The molecule has 0 aliphatic heterocycles. The molecule has 0 aliphatic rings. The van der Waals surface area contributed by atoms with Gasteiger partial charge in [0, 0.05) is 0 Å². The van der Waals surface area contributed by atoms with E-state index in [1.807, 2.05) is 6.07 Å². The number of aromatic nitrogens is 7. The number of hydrogen-bond acceptors (Lipinski definition) is 7. The van der Waals surface area contributed by atoms with Crippen LogP contribution < -0.4 is 5.32 Å². The third-order valence-electron chi connectivity index (χ3n) is 4.39. The summed E-state index contributed by atoms with van der Waals surface area (Å²) in [6.45, 7) is 1.47. The summed E-state index contributed by atoms with van der Waals surface area (Å²) in [5.74, 6) is -1.00. The molecule has 4 rings (SSSR count). The first-order valence-electron chi connectivity index (χ1n) is 9.06. The second-order valence-electron chi connectivity index (χ2n) is 6.53. The van der Waals surface area contributed by atoms with Crippen molar-refractivity contribution in [3.8, 4) is 17.6 Å². The summed E-state index contributed by atoms with van der Waals surface area (Å²) in [7, 11) is 0. The SMILES string of the molecule is Cc1nc(Cl)ccc1-n1ncc(C(=O)Nc2cnc(-n3nccn3)c(C#N)c2)c1C(F)(F)F. The number of hydrogen-bond donors (Lipinski definition) is 1. The lowest BCUT2D eigenvalue weighted by atomic mass is 10.2. The van der Waals surface area contributed by atoms with Gasteiger partial charge in [0.1, 0.15) is 16.8 Å². The molecule has 10 nitrogen and oxygen atoms in total. The van der Waals surface area contributed by atoms with E-state index in [0.29, 0.717) is 4.68 Å². The van der Waals surface area contributed by atoms with E-state index in [1.165, 1.54) is 43.7 Å². The van der Waals surface area contributed by atoms with Gasteiger partial charge in [-0.05, 0) is 25.1 Å². The number of carbonyl (C=O) groups is 1. The van der Waals surface area contributed by atoms with Crippen molar-refractivity contribution in [1.82, 2.24) is 34.7 Å². The average Bonchev–Trinajstić information content (AvgIpc) is 3.43. The zero-order chi connectivity index (χ0) is 23.8. The molecule has 0 saturated carbocycles. The second-order valence-corrected chi connectivity index (χ2v) is 6.92. The van der Waals surface area contributed by atoms with Crippen LogP contribution in [0.2, 0.25) is 5.15 Å². The molecule has 4 heterocycles. The molecule has 4 aromatic heterocycles. The molecule has 0 bridgehead atoms. The van der Waals surface area contributed by atoms with E-state index in [4.69, 9.17) is 11.6 Å². The highest BCUT2D eigenvalue weighted by molar-refractivity contribution is 6.29. The van der Waals surface area contributed by atoms with Crippen molar-refractivity contribution in [2.24, 2.45) is 0 Å². The minimum absolute atomic E-state index is 0.00129. The number of halogens is 4. The fourth-order valence-electron chi connectivity index (χ4n) is 3.01. The molecule has 166 valence electrons. The van der Waals surface area contributed by atoms with E-state index in [2.05, 4.69) is 30.6 Å². The summed E-state index contributed by atoms with van der Waals surface area (Å²) >= 11 is 5.78. The summed E-state index contributed by atoms with van der Waals surface area (Å²) in [5, 5.41) is 23.3. The standard InChI is InChI=1S/C19H11ClF3N9O/c1-10-14(2-3-15(20)29-10)31-16(19(21,22)23)13(9-28-31)18(33)30-12-6-11(7-24)17(25-8-12)32-26-4-5-27-32/h2-6,8-9H,1H3,(H,30,33). The zero-order valence-electron chi connectivity index (χ0n) is 16.5. The summed E-state index contributed by atoms with van der Waals surface area (Å²) in [5.41, 5.74) is -1.83. The molecule has 1 N–H and O–H groups in total. The first kappa shape index (κ1) is 21.9. The van der Waals surface area contributed by atoms with Gasteiger partial charge >= 0.3 is 6.18 Å². The smallest absolute Gasteiger partial charge is 0.320 e. The van der Waals surface area contributed by atoms with Crippen LogP contribution in [0.15, 0.2) is 43.0 Å². The van der Waals surface area contributed by atoms with Crippen LogP contribution in [-0.2, 0) is 6.18 Å². The minimum atomic E-state index is -4.92. The summed E-state index contributed by atoms with van der Waals surface area (Å²) in [6.07, 6.45) is -0.185. The van der Waals surface area contributed by atoms with Gasteiger partial charge < -0.3 is 5.32 Å². The lowest BCUT2D eigenvalue weighted by Crippen LogP contribution is -2.21. The quantitative estimate of drug-likeness (QED) is 0.450. The van der Waals surface area contributed by atoms with Gasteiger partial charge in [-0.1, -0.05) is 11.6 Å². The number of nitrogens with one attached hydrogen (secondary N) is 1. The normalized spacial score (nSPS) is 11.3. The van der Waals surface area contributed by atoms with Crippen LogP contribution in [0.3, 0.4) is 0 Å². The number of carbonyl (C=O) groups excluding carboxylic acids is 1.